The molecule has 6 nitrogen and oxygen atoms in total. The van der Waals surface area contributed by atoms with Crippen LogP contribution in [-0.2, 0) is 11.3 Å². The van der Waals surface area contributed by atoms with Gasteiger partial charge in [-0.05, 0) is 49.2 Å². The van der Waals surface area contributed by atoms with E-state index in [-0.39, 0.29) is 12.0 Å². The molecule has 1 aliphatic rings. The zero-order chi connectivity index (χ0) is 18.6. The highest BCUT2D eigenvalue weighted by Crippen LogP contribution is 2.17. The lowest BCUT2D eigenvalue weighted by atomic mass is 10.2. The van der Waals surface area contributed by atoms with Gasteiger partial charge in [0.2, 0.25) is 0 Å². The summed E-state index contributed by atoms with van der Waals surface area (Å²) in [5.74, 6) is 0.579. The first-order chi connectivity index (χ1) is 13.2. The minimum atomic E-state index is -0.157. The fraction of sp³-hybridized carbons (Fsp3) is 0.300. The van der Waals surface area contributed by atoms with Gasteiger partial charge in [0.25, 0.3) is 5.91 Å². The van der Waals surface area contributed by atoms with Crippen LogP contribution < -0.4 is 10.1 Å². The van der Waals surface area contributed by atoms with Crippen LogP contribution in [-0.4, -0.2) is 34.6 Å². The van der Waals surface area contributed by atoms with Crippen molar-refractivity contribution in [2.45, 2.75) is 25.5 Å². The van der Waals surface area contributed by atoms with Crippen molar-refractivity contribution in [3.05, 3.63) is 65.1 Å². The summed E-state index contributed by atoms with van der Waals surface area (Å²) in [7, 11) is 0. The quantitative estimate of drug-likeness (QED) is 0.705. The predicted octanol–water partition coefficient (Wildman–Crippen LogP) is 3.48. The number of carbonyl (C=O) groups excluding carboxylic acids is 1. The van der Waals surface area contributed by atoms with Crippen LogP contribution >= 0.6 is 11.6 Å². The number of hydrogen-bond acceptors (Lipinski definition) is 4. The van der Waals surface area contributed by atoms with Crippen molar-refractivity contribution in [1.82, 2.24) is 14.7 Å². The highest BCUT2D eigenvalue weighted by Gasteiger charge is 2.16. The van der Waals surface area contributed by atoms with Gasteiger partial charge >= 0.3 is 0 Å². The molecule has 3 heterocycles. The Morgan fingerprint density at radius 2 is 2.11 bits per heavy atom. The largest absolute Gasteiger partial charge is 0.491 e. The summed E-state index contributed by atoms with van der Waals surface area (Å²) in [6.45, 7) is 1.70. The highest BCUT2D eigenvalue weighted by molar-refractivity contribution is 6.30. The molecule has 1 atom stereocenters. The number of rotatable bonds is 6. The van der Waals surface area contributed by atoms with Crippen LogP contribution in [0.5, 0.6) is 5.75 Å². The first-order valence-corrected chi connectivity index (χ1v) is 9.31. The molecule has 1 N–H and O–H groups in total. The van der Waals surface area contributed by atoms with Crippen molar-refractivity contribution >= 4 is 23.2 Å². The van der Waals surface area contributed by atoms with Gasteiger partial charge in [0.15, 0.2) is 0 Å². The molecule has 27 heavy (non-hydrogen) atoms. The molecule has 0 spiro atoms. The summed E-state index contributed by atoms with van der Waals surface area (Å²) in [6.07, 6.45) is 5.93. The Balaban J connectivity index is 1.31. The third kappa shape index (κ3) is 4.40. The fourth-order valence-electron chi connectivity index (χ4n) is 3.04. The zero-order valence-electron chi connectivity index (χ0n) is 14.7. The molecule has 2 aromatic heterocycles. The lowest BCUT2D eigenvalue weighted by Crippen LogP contribution is -2.23. The van der Waals surface area contributed by atoms with E-state index in [1.165, 1.54) is 0 Å². The summed E-state index contributed by atoms with van der Waals surface area (Å²) in [6, 6.07) is 10.7. The van der Waals surface area contributed by atoms with Gasteiger partial charge in [-0.1, -0.05) is 11.6 Å². The third-order valence-corrected chi connectivity index (χ3v) is 4.69. The first-order valence-electron chi connectivity index (χ1n) is 8.93. The standard InChI is InChI=1S/C20H20ClN3O3/c21-15-5-8-19-23-16(12-24(19)11-15)10-22-20(25)14-3-6-17(7-4-14)27-13-18-2-1-9-26-18/h3-8,11-12,18H,1-2,9-10,13H2,(H,22,25). The molecule has 1 aromatic carbocycles. The number of imidazole rings is 1. The van der Waals surface area contributed by atoms with Crippen molar-refractivity contribution in [3.8, 4) is 5.75 Å². The van der Waals surface area contributed by atoms with Crippen LogP contribution in [0.2, 0.25) is 5.02 Å². The van der Waals surface area contributed by atoms with Gasteiger partial charge in [0.05, 0.1) is 23.4 Å². The lowest BCUT2D eigenvalue weighted by molar-refractivity contribution is 0.0679. The van der Waals surface area contributed by atoms with Crippen molar-refractivity contribution in [2.24, 2.45) is 0 Å². The minimum Gasteiger partial charge on any atom is -0.491 e. The topological polar surface area (TPSA) is 64.9 Å². The maximum absolute atomic E-state index is 12.3. The number of halogens is 1. The average Bonchev–Trinajstić information content (AvgIpc) is 3.34. The first kappa shape index (κ1) is 17.8. The number of ether oxygens (including phenoxy) is 2. The van der Waals surface area contributed by atoms with E-state index in [0.717, 1.165) is 36.5 Å². The SMILES string of the molecule is O=C(NCc1cn2cc(Cl)ccc2n1)c1ccc(OCC2CCCO2)cc1. The number of pyridine rings is 1. The van der Waals surface area contributed by atoms with E-state index in [1.54, 1.807) is 36.5 Å². The molecule has 1 unspecified atom stereocenters. The van der Waals surface area contributed by atoms with Crippen LogP contribution in [0, 0.1) is 0 Å². The van der Waals surface area contributed by atoms with Crippen LogP contribution in [0.3, 0.4) is 0 Å². The summed E-state index contributed by atoms with van der Waals surface area (Å²) in [4.78, 5) is 16.8. The lowest BCUT2D eigenvalue weighted by Gasteiger charge is -2.11. The van der Waals surface area contributed by atoms with Crippen molar-refractivity contribution < 1.29 is 14.3 Å². The maximum atomic E-state index is 12.3. The van der Waals surface area contributed by atoms with E-state index in [0.29, 0.717) is 23.7 Å². The monoisotopic (exact) mass is 385 g/mol. The third-order valence-electron chi connectivity index (χ3n) is 4.47. The average molecular weight is 386 g/mol. The van der Waals surface area contributed by atoms with E-state index in [1.807, 2.05) is 16.7 Å². The van der Waals surface area contributed by atoms with E-state index >= 15 is 0 Å². The Hall–Kier alpha value is -2.57. The van der Waals surface area contributed by atoms with E-state index in [4.69, 9.17) is 21.1 Å². The molecular weight excluding hydrogens is 366 g/mol. The van der Waals surface area contributed by atoms with Crippen LogP contribution in [0.4, 0.5) is 0 Å². The normalized spacial score (nSPS) is 16.6. The molecule has 1 saturated heterocycles. The predicted molar refractivity (Wildman–Crippen MR) is 102 cm³/mol. The van der Waals surface area contributed by atoms with Gasteiger partial charge in [-0.2, -0.15) is 0 Å². The van der Waals surface area contributed by atoms with Crippen molar-refractivity contribution in [3.63, 3.8) is 0 Å². The Bertz CT molecular complexity index is 933. The molecule has 140 valence electrons. The second-order valence-electron chi connectivity index (χ2n) is 6.50. The number of hydrogen-bond donors (Lipinski definition) is 1. The molecule has 4 rings (SSSR count). The zero-order valence-corrected chi connectivity index (χ0v) is 15.5. The smallest absolute Gasteiger partial charge is 0.251 e. The molecule has 1 amide bonds. The van der Waals surface area contributed by atoms with Gasteiger partial charge in [0.1, 0.15) is 18.0 Å². The van der Waals surface area contributed by atoms with Gasteiger partial charge in [-0.15, -0.1) is 0 Å². The summed E-state index contributed by atoms with van der Waals surface area (Å²) >= 11 is 5.97. The molecular formula is C20H20ClN3O3. The molecule has 3 aromatic rings. The molecule has 1 aliphatic heterocycles. The summed E-state index contributed by atoms with van der Waals surface area (Å²) < 4.78 is 13.1. The molecule has 0 saturated carbocycles. The minimum absolute atomic E-state index is 0.157. The number of nitrogens with zero attached hydrogens (tertiary/aromatic N) is 2. The van der Waals surface area contributed by atoms with Gasteiger partial charge in [0, 0.05) is 24.6 Å². The van der Waals surface area contributed by atoms with E-state index in [9.17, 15) is 4.79 Å². The number of aromatic nitrogens is 2. The Morgan fingerprint density at radius 3 is 2.89 bits per heavy atom. The van der Waals surface area contributed by atoms with Crippen LogP contribution in [0.25, 0.3) is 5.65 Å². The summed E-state index contributed by atoms with van der Waals surface area (Å²) in [5, 5.41) is 3.51. The van der Waals surface area contributed by atoms with Crippen molar-refractivity contribution in [1.29, 1.82) is 0 Å². The van der Waals surface area contributed by atoms with Gasteiger partial charge in [-0.3, -0.25) is 4.79 Å². The number of nitrogens with one attached hydrogen (secondary N) is 1. The molecule has 0 radical (unpaired) electrons. The second-order valence-corrected chi connectivity index (χ2v) is 6.93. The Kier molecular flexibility index (Phi) is 5.27. The number of benzene rings is 1. The van der Waals surface area contributed by atoms with E-state index < -0.39 is 0 Å². The summed E-state index contributed by atoms with van der Waals surface area (Å²) in [5.41, 5.74) is 2.13. The number of amides is 1. The maximum Gasteiger partial charge on any atom is 0.251 e. The fourth-order valence-corrected chi connectivity index (χ4v) is 3.21. The number of fused-ring (bicyclic) bond motifs is 1. The van der Waals surface area contributed by atoms with Gasteiger partial charge < -0.3 is 19.2 Å². The van der Waals surface area contributed by atoms with Crippen LogP contribution in [0.15, 0.2) is 48.8 Å². The molecule has 0 bridgehead atoms. The number of carbonyl (C=O) groups is 1. The Morgan fingerprint density at radius 1 is 1.26 bits per heavy atom. The van der Waals surface area contributed by atoms with Gasteiger partial charge in [-0.25, -0.2) is 4.98 Å². The van der Waals surface area contributed by atoms with E-state index in [2.05, 4.69) is 10.3 Å². The second kappa shape index (κ2) is 7.98. The molecule has 7 heteroatoms. The van der Waals surface area contributed by atoms with Crippen molar-refractivity contribution in [2.75, 3.05) is 13.2 Å². The molecule has 0 aliphatic carbocycles. The molecule has 1 fully saturated rings. The van der Waals surface area contributed by atoms with Crippen LogP contribution in [0.1, 0.15) is 28.9 Å². The Labute approximate surface area is 162 Å². The highest BCUT2D eigenvalue weighted by atomic mass is 35.5.